The van der Waals surface area contributed by atoms with Crippen LogP contribution in [0.3, 0.4) is 0 Å². The third-order valence-electron chi connectivity index (χ3n) is 3.51. The van der Waals surface area contributed by atoms with E-state index in [4.69, 9.17) is 9.47 Å². The first-order chi connectivity index (χ1) is 12.1. The number of benzene rings is 3. The Morgan fingerprint density at radius 3 is 1.88 bits per heavy atom. The van der Waals surface area contributed by atoms with Gasteiger partial charge in [0.25, 0.3) is 5.91 Å². The minimum absolute atomic E-state index is 0.168. The summed E-state index contributed by atoms with van der Waals surface area (Å²) in [6, 6.07) is 21.7. The van der Waals surface area contributed by atoms with E-state index in [1.54, 1.807) is 31.4 Å². The van der Waals surface area contributed by atoms with Gasteiger partial charge in [-0.05, 0) is 72.8 Å². The number of hydrogen-bond donors (Lipinski definition) is 1. The Morgan fingerprint density at radius 1 is 0.800 bits per heavy atom. The van der Waals surface area contributed by atoms with Gasteiger partial charge in [-0.25, -0.2) is 0 Å². The van der Waals surface area contributed by atoms with E-state index in [1.807, 2.05) is 48.5 Å². The average molecular weight is 398 g/mol. The molecule has 0 aliphatic carbocycles. The molecule has 0 fully saturated rings. The minimum atomic E-state index is -0.168. The molecular formula is C20H16BrNO3. The predicted molar refractivity (Wildman–Crippen MR) is 102 cm³/mol. The highest BCUT2D eigenvalue weighted by atomic mass is 79.9. The van der Waals surface area contributed by atoms with Crippen molar-refractivity contribution in [1.82, 2.24) is 0 Å². The van der Waals surface area contributed by atoms with Gasteiger partial charge in [-0.3, -0.25) is 4.79 Å². The third-order valence-corrected chi connectivity index (χ3v) is 4.04. The van der Waals surface area contributed by atoms with Gasteiger partial charge in [-0.15, -0.1) is 0 Å². The summed E-state index contributed by atoms with van der Waals surface area (Å²) in [6.07, 6.45) is 0. The quantitative estimate of drug-likeness (QED) is 0.617. The number of anilines is 1. The van der Waals surface area contributed by atoms with Crippen LogP contribution in [0, 0.1) is 0 Å². The summed E-state index contributed by atoms with van der Waals surface area (Å²) in [5.41, 5.74) is 1.30. The van der Waals surface area contributed by atoms with Crippen LogP contribution in [0.1, 0.15) is 10.4 Å². The zero-order valence-corrected chi connectivity index (χ0v) is 15.1. The fourth-order valence-corrected chi connectivity index (χ4v) is 2.46. The second kappa shape index (κ2) is 7.85. The Kier molecular flexibility index (Phi) is 5.36. The van der Waals surface area contributed by atoms with Crippen molar-refractivity contribution in [3.63, 3.8) is 0 Å². The molecule has 0 saturated carbocycles. The SMILES string of the molecule is COc1ccc(Oc2ccc(C(=O)Nc3ccc(Br)cc3)cc2)cc1. The van der Waals surface area contributed by atoms with Crippen LogP contribution >= 0.6 is 15.9 Å². The van der Waals surface area contributed by atoms with Crippen LogP contribution < -0.4 is 14.8 Å². The lowest BCUT2D eigenvalue weighted by molar-refractivity contribution is 0.102. The normalized spacial score (nSPS) is 10.2. The van der Waals surface area contributed by atoms with Gasteiger partial charge in [0.2, 0.25) is 0 Å². The number of ether oxygens (including phenoxy) is 2. The second-order valence-electron chi connectivity index (χ2n) is 5.26. The van der Waals surface area contributed by atoms with Gasteiger partial charge in [0, 0.05) is 15.7 Å². The molecule has 3 aromatic rings. The molecule has 0 spiro atoms. The van der Waals surface area contributed by atoms with Gasteiger partial charge in [0.05, 0.1) is 7.11 Å². The van der Waals surface area contributed by atoms with Crippen molar-refractivity contribution >= 4 is 27.5 Å². The molecule has 3 aromatic carbocycles. The van der Waals surface area contributed by atoms with Crippen LogP contribution in [0.5, 0.6) is 17.2 Å². The number of methoxy groups -OCH3 is 1. The maximum atomic E-state index is 12.3. The number of amides is 1. The van der Waals surface area contributed by atoms with Gasteiger partial charge in [0.15, 0.2) is 0 Å². The van der Waals surface area contributed by atoms with Crippen molar-refractivity contribution < 1.29 is 14.3 Å². The molecule has 0 bridgehead atoms. The summed E-state index contributed by atoms with van der Waals surface area (Å²) in [5, 5.41) is 2.85. The third kappa shape index (κ3) is 4.61. The number of nitrogens with one attached hydrogen (secondary N) is 1. The standard InChI is InChI=1S/C20H16BrNO3/c1-24-17-10-12-19(13-11-17)25-18-8-2-14(3-9-18)20(23)22-16-6-4-15(21)5-7-16/h2-13H,1H3,(H,22,23). The smallest absolute Gasteiger partial charge is 0.255 e. The molecule has 0 aliphatic rings. The van der Waals surface area contributed by atoms with Crippen LogP contribution in [0.4, 0.5) is 5.69 Å². The van der Waals surface area contributed by atoms with Crippen LogP contribution in [0.15, 0.2) is 77.3 Å². The molecular weight excluding hydrogens is 382 g/mol. The van der Waals surface area contributed by atoms with Crippen LogP contribution in [-0.4, -0.2) is 13.0 Å². The molecule has 0 aliphatic heterocycles. The molecule has 1 N–H and O–H groups in total. The summed E-state index contributed by atoms with van der Waals surface area (Å²) in [7, 11) is 1.62. The largest absolute Gasteiger partial charge is 0.497 e. The van der Waals surface area contributed by atoms with Gasteiger partial charge < -0.3 is 14.8 Å². The van der Waals surface area contributed by atoms with E-state index in [-0.39, 0.29) is 5.91 Å². The van der Waals surface area contributed by atoms with E-state index >= 15 is 0 Å². The van der Waals surface area contributed by atoms with Gasteiger partial charge in [0.1, 0.15) is 17.2 Å². The molecule has 126 valence electrons. The van der Waals surface area contributed by atoms with Crippen molar-refractivity contribution in [2.24, 2.45) is 0 Å². The van der Waals surface area contributed by atoms with E-state index in [9.17, 15) is 4.79 Å². The van der Waals surface area contributed by atoms with Gasteiger partial charge in [-0.1, -0.05) is 15.9 Å². The Balaban J connectivity index is 1.64. The van der Waals surface area contributed by atoms with Crippen molar-refractivity contribution in [3.05, 3.63) is 82.8 Å². The Hall–Kier alpha value is -2.79. The first-order valence-electron chi connectivity index (χ1n) is 7.63. The average Bonchev–Trinajstić information content (AvgIpc) is 2.65. The monoisotopic (exact) mass is 397 g/mol. The van der Waals surface area contributed by atoms with Crippen molar-refractivity contribution in [3.8, 4) is 17.2 Å². The van der Waals surface area contributed by atoms with Gasteiger partial charge >= 0.3 is 0 Å². The summed E-state index contributed by atoms with van der Waals surface area (Å²) < 4.78 is 11.8. The molecule has 3 rings (SSSR count). The van der Waals surface area contributed by atoms with E-state index in [0.29, 0.717) is 17.1 Å². The summed E-state index contributed by atoms with van der Waals surface area (Å²) >= 11 is 3.37. The first kappa shape index (κ1) is 17.0. The number of carbonyl (C=O) groups is 1. The van der Waals surface area contributed by atoms with E-state index in [0.717, 1.165) is 15.9 Å². The lowest BCUT2D eigenvalue weighted by Gasteiger charge is -2.08. The summed E-state index contributed by atoms with van der Waals surface area (Å²) in [4.78, 5) is 12.3. The topological polar surface area (TPSA) is 47.6 Å². The van der Waals surface area contributed by atoms with E-state index in [2.05, 4.69) is 21.2 Å². The Morgan fingerprint density at radius 2 is 1.32 bits per heavy atom. The maximum Gasteiger partial charge on any atom is 0.255 e. The fraction of sp³-hybridized carbons (Fsp3) is 0.0500. The summed E-state index contributed by atoms with van der Waals surface area (Å²) in [5.74, 6) is 1.96. The van der Waals surface area contributed by atoms with E-state index in [1.165, 1.54) is 0 Å². The zero-order chi connectivity index (χ0) is 17.6. The van der Waals surface area contributed by atoms with Crippen LogP contribution in [0.25, 0.3) is 0 Å². The molecule has 0 atom stereocenters. The van der Waals surface area contributed by atoms with Crippen molar-refractivity contribution in [2.45, 2.75) is 0 Å². The molecule has 4 nitrogen and oxygen atoms in total. The number of hydrogen-bond acceptors (Lipinski definition) is 3. The van der Waals surface area contributed by atoms with Crippen molar-refractivity contribution in [1.29, 1.82) is 0 Å². The Labute approximate surface area is 154 Å². The van der Waals surface area contributed by atoms with Crippen molar-refractivity contribution in [2.75, 3.05) is 12.4 Å². The molecule has 5 heteroatoms. The highest BCUT2D eigenvalue weighted by Crippen LogP contribution is 2.24. The highest BCUT2D eigenvalue weighted by Gasteiger charge is 2.07. The number of halogens is 1. The Bertz CT molecular complexity index is 844. The molecule has 0 aromatic heterocycles. The van der Waals surface area contributed by atoms with Gasteiger partial charge in [-0.2, -0.15) is 0 Å². The molecule has 0 heterocycles. The lowest BCUT2D eigenvalue weighted by atomic mass is 10.2. The summed E-state index contributed by atoms with van der Waals surface area (Å²) in [6.45, 7) is 0. The zero-order valence-electron chi connectivity index (χ0n) is 13.5. The van der Waals surface area contributed by atoms with E-state index < -0.39 is 0 Å². The highest BCUT2D eigenvalue weighted by molar-refractivity contribution is 9.10. The molecule has 1 amide bonds. The molecule has 0 unspecified atom stereocenters. The number of rotatable bonds is 5. The fourth-order valence-electron chi connectivity index (χ4n) is 2.19. The first-order valence-corrected chi connectivity index (χ1v) is 8.42. The second-order valence-corrected chi connectivity index (χ2v) is 6.18. The number of carbonyl (C=O) groups excluding carboxylic acids is 1. The predicted octanol–water partition coefficient (Wildman–Crippen LogP) is 5.50. The molecule has 0 radical (unpaired) electrons. The lowest BCUT2D eigenvalue weighted by Crippen LogP contribution is -2.11. The molecule has 0 saturated heterocycles. The van der Waals surface area contributed by atoms with Crippen LogP contribution in [-0.2, 0) is 0 Å². The molecule has 25 heavy (non-hydrogen) atoms. The van der Waals surface area contributed by atoms with Crippen LogP contribution in [0.2, 0.25) is 0 Å². The minimum Gasteiger partial charge on any atom is -0.497 e. The maximum absolute atomic E-state index is 12.3.